The summed E-state index contributed by atoms with van der Waals surface area (Å²) in [4.78, 5) is 26.8. The molecule has 5 rings (SSSR count). The zero-order valence-electron chi connectivity index (χ0n) is 21.4. The number of carbonyl (C=O) groups is 1. The molecule has 2 aromatic heterocycles. The normalized spacial score (nSPS) is 24.5. The van der Waals surface area contributed by atoms with E-state index in [1.165, 1.54) is 19.0 Å². The van der Waals surface area contributed by atoms with E-state index in [4.69, 9.17) is 24.7 Å². The predicted molar refractivity (Wildman–Crippen MR) is 135 cm³/mol. The lowest BCUT2D eigenvalue weighted by atomic mass is 10.1. The summed E-state index contributed by atoms with van der Waals surface area (Å²) in [6.07, 6.45) is 3.77. The monoisotopic (exact) mass is 510 g/mol. The van der Waals surface area contributed by atoms with Crippen molar-refractivity contribution in [3.05, 3.63) is 48.5 Å². The average Bonchev–Trinajstić information content (AvgIpc) is 3.54. The summed E-state index contributed by atoms with van der Waals surface area (Å²) >= 11 is 0. The van der Waals surface area contributed by atoms with E-state index in [1.807, 2.05) is 36.6 Å². The third-order valence-corrected chi connectivity index (χ3v) is 6.81. The zero-order chi connectivity index (χ0) is 26.0. The number of anilines is 1. The van der Waals surface area contributed by atoms with Gasteiger partial charge in [0.1, 0.15) is 30.2 Å². The Bertz CT molecular complexity index is 1220. The van der Waals surface area contributed by atoms with Crippen LogP contribution in [0.2, 0.25) is 0 Å². The second-order valence-corrected chi connectivity index (χ2v) is 9.97. The van der Waals surface area contributed by atoms with E-state index < -0.39 is 12.0 Å². The van der Waals surface area contributed by atoms with Crippen molar-refractivity contribution in [1.82, 2.24) is 24.4 Å². The SMILES string of the molecule is COC(=O)CCCCN(Cc1ccccc1)C[C@H]1O[C@@H](n2cnc3c(N)ncnc32)[C@@H]2OC(C)(C)O[C@@H]21. The Kier molecular flexibility index (Phi) is 7.38. The minimum Gasteiger partial charge on any atom is -0.469 e. The summed E-state index contributed by atoms with van der Waals surface area (Å²) in [7, 11) is 1.42. The van der Waals surface area contributed by atoms with Crippen LogP contribution in [0.1, 0.15) is 44.9 Å². The van der Waals surface area contributed by atoms with Crippen molar-refractivity contribution >= 4 is 23.0 Å². The number of hydrogen-bond donors (Lipinski definition) is 1. The summed E-state index contributed by atoms with van der Waals surface area (Å²) in [5.74, 6) is -0.611. The van der Waals surface area contributed by atoms with E-state index in [1.54, 1.807) is 6.33 Å². The van der Waals surface area contributed by atoms with Gasteiger partial charge in [-0.1, -0.05) is 30.3 Å². The molecule has 198 valence electrons. The molecule has 0 aliphatic carbocycles. The highest BCUT2D eigenvalue weighted by molar-refractivity contribution is 5.81. The number of rotatable bonds is 10. The largest absolute Gasteiger partial charge is 0.469 e. The Morgan fingerprint density at radius 2 is 1.92 bits per heavy atom. The Morgan fingerprint density at radius 3 is 2.70 bits per heavy atom. The van der Waals surface area contributed by atoms with Crippen LogP contribution in [0, 0.1) is 0 Å². The lowest BCUT2D eigenvalue weighted by Gasteiger charge is -2.29. The fourth-order valence-electron chi connectivity index (χ4n) is 5.12. The van der Waals surface area contributed by atoms with Crippen LogP contribution in [0.15, 0.2) is 43.0 Å². The lowest BCUT2D eigenvalue weighted by Crippen LogP contribution is -2.40. The fourth-order valence-corrected chi connectivity index (χ4v) is 5.12. The minimum atomic E-state index is -0.745. The topological polar surface area (TPSA) is 127 Å². The molecule has 0 unspecified atom stereocenters. The maximum atomic E-state index is 11.6. The van der Waals surface area contributed by atoms with Gasteiger partial charge in [-0.15, -0.1) is 0 Å². The summed E-state index contributed by atoms with van der Waals surface area (Å²) in [5, 5.41) is 0. The first-order valence-corrected chi connectivity index (χ1v) is 12.6. The van der Waals surface area contributed by atoms with Crippen molar-refractivity contribution in [1.29, 1.82) is 0 Å². The number of esters is 1. The van der Waals surface area contributed by atoms with Gasteiger partial charge in [0.25, 0.3) is 0 Å². The van der Waals surface area contributed by atoms with E-state index in [0.717, 1.165) is 25.9 Å². The molecule has 0 spiro atoms. The van der Waals surface area contributed by atoms with Crippen LogP contribution in [0.25, 0.3) is 11.2 Å². The van der Waals surface area contributed by atoms with E-state index in [-0.39, 0.29) is 24.3 Å². The number of benzene rings is 1. The Balaban J connectivity index is 1.36. The molecule has 1 aromatic carbocycles. The quantitative estimate of drug-likeness (QED) is 0.321. The molecule has 11 nitrogen and oxygen atoms in total. The molecule has 4 atom stereocenters. The molecule has 2 saturated heterocycles. The first-order chi connectivity index (χ1) is 17.8. The summed E-state index contributed by atoms with van der Waals surface area (Å²) in [6.45, 7) is 6.02. The van der Waals surface area contributed by atoms with Gasteiger partial charge in [0.15, 0.2) is 23.5 Å². The standard InChI is InChI=1S/C26H34N6O5/c1-26(2)36-21-18(14-31(12-8-7-11-19(33)34-3)13-17-9-5-4-6-10-17)35-25(22(21)37-26)32-16-30-20-23(27)28-15-29-24(20)32/h4-6,9-10,15-16,18,21-22,25H,7-8,11-14H2,1-3H3,(H2,27,28,29)/t18-,21-,22-,25-/m1/s1. The highest BCUT2D eigenvalue weighted by Crippen LogP contribution is 2.44. The van der Waals surface area contributed by atoms with Crippen molar-refractivity contribution < 1.29 is 23.7 Å². The van der Waals surface area contributed by atoms with E-state index in [0.29, 0.717) is 29.9 Å². The smallest absolute Gasteiger partial charge is 0.305 e. The van der Waals surface area contributed by atoms with Gasteiger partial charge in [0.2, 0.25) is 0 Å². The molecule has 2 aliphatic heterocycles. The van der Waals surface area contributed by atoms with Gasteiger partial charge in [-0.25, -0.2) is 15.0 Å². The zero-order valence-corrected chi connectivity index (χ0v) is 21.4. The number of nitrogens with two attached hydrogens (primary N) is 1. The first-order valence-electron chi connectivity index (χ1n) is 12.6. The first kappa shape index (κ1) is 25.5. The van der Waals surface area contributed by atoms with E-state index >= 15 is 0 Å². The highest BCUT2D eigenvalue weighted by atomic mass is 16.8. The number of nitrogens with zero attached hydrogens (tertiary/aromatic N) is 5. The Morgan fingerprint density at radius 1 is 1.14 bits per heavy atom. The summed E-state index contributed by atoms with van der Waals surface area (Å²) < 4.78 is 25.9. The van der Waals surface area contributed by atoms with Gasteiger partial charge in [-0.05, 0) is 38.8 Å². The number of carbonyl (C=O) groups excluding carboxylic acids is 1. The number of ether oxygens (including phenoxy) is 4. The van der Waals surface area contributed by atoms with Crippen molar-refractivity contribution in [2.75, 3.05) is 25.9 Å². The summed E-state index contributed by atoms with van der Waals surface area (Å²) in [6, 6.07) is 10.3. The molecular weight excluding hydrogens is 476 g/mol. The van der Waals surface area contributed by atoms with Crippen LogP contribution in [-0.4, -0.2) is 74.7 Å². The van der Waals surface area contributed by atoms with Crippen molar-refractivity contribution in [2.24, 2.45) is 0 Å². The molecule has 37 heavy (non-hydrogen) atoms. The number of methoxy groups -OCH3 is 1. The molecule has 2 N–H and O–H groups in total. The molecule has 0 bridgehead atoms. The van der Waals surface area contributed by atoms with Crippen LogP contribution in [0.5, 0.6) is 0 Å². The van der Waals surface area contributed by atoms with Crippen LogP contribution >= 0.6 is 0 Å². The lowest BCUT2D eigenvalue weighted by molar-refractivity contribution is -0.198. The third kappa shape index (κ3) is 5.59. The average molecular weight is 511 g/mol. The highest BCUT2D eigenvalue weighted by Gasteiger charge is 2.56. The fraction of sp³-hybridized carbons (Fsp3) is 0.538. The third-order valence-electron chi connectivity index (χ3n) is 6.81. The minimum absolute atomic E-state index is 0.185. The van der Waals surface area contributed by atoms with Gasteiger partial charge in [0.05, 0.1) is 13.4 Å². The number of unbranched alkanes of at least 4 members (excludes halogenated alkanes) is 1. The van der Waals surface area contributed by atoms with Gasteiger partial charge in [-0.2, -0.15) is 0 Å². The van der Waals surface area contributed by atoms with Gasteiger partial charge in [-0.3, -0.25) is 14.3 Å². The van der Waals surface area contributed by atoms with E-state index in [2.05, 4.69) is 32.0 Å². The molecule has 4 heterocycles. The maximum absolute atomic E-state index is 11.6. The number of hydrogen-bond acceptors (Lipinski definition) is 10. The second kappa shape index (κ2) is 10.7. The van der Waals surface area contributed by atoms with Crippen LogP contribution < -0.4 is 5.73 Å². The maximum Gasteiger partial charge on any atom is 0.305 e. The van der Waals surface area contributed by atoms with Gasteiger partial charge < -0.3 is 24.7 Å². The summed E-state index contributed by atoms with van der Waals surface area (Å²) in [5.41, 5.74) is 8.34. The van der Waals surface area contributed by atoms with Gasteiger partial charge in [0, 0.05) is 19.5 Å². The number of fused-ring (bicyclic) bond motifs is 2. The molecule has 2 fully saturated rings. The molecule has 0 saturated carbocycles. The molecular formula is C26H34N6O5. The molecule has 0 radical (unpaired) electrons. The van der Waals surface area contributed by atoms with Crippen LogP contribution in [-0.2, 0) is 30.3 Å². The van der Waals surface area contributed by atoms with Gasteiger partial charge >= 0.3 is 5.97 Å². The molecule has 11 heteroatoms. The molecule has 2 aliphatic rings. The van der Waals surface area contributed by atoms with Crippen LogP contribution in [0.3, 0.4) is 0 Å². The van der Waals surface area contributed by atoms with Crippen molar-refractivity contribution in [3.8, 4) is 0 Å². The Labute approximate surface area is 215 Å². The molecule has 0 amide bonds. The van der Waals surface area contributed by atoms with Crippen molar-refractivity contribution in [3.63, 3.8) is 0 Å². The van der Waals surface area contributed by atoms with Crippen molar-refractivity contribution in [2.45, 2.75) is 70.0 Å². The van der Waals surface area contributed by atoms with E-state index in [9.17, 15) is 4.79 Å². The predicted octanol–water partition coefficient (Wildman–Crippen LogP) is 2.67. The molecule has 3 aromatic rings. The number of nitrogen functional groups attached to an aromatic ring is 1. The van der Waals surface area contributed by atoms with Crippen LogP contribution in [0.4, 0.5) is 5.82 Å². The Hall–Kier alpha value is -3.12. The number of aromatic nitrogens is 4. The second-order valence-electron chi connectivity index (χ2n) is 9.97. The number of imidazole rings is 1.